The zero-order chi connectivity index (χ0) is 14.3. The van der Waals surface area contributed by atoms with Crippen molar-refractivity contribution in [3.8, 4) is 5.75 Å². The van der Waals surface area contributed by atoms with Crippen molar-refractivity contribution in [3.63, 3.8) is 0 Å². The lowest BCUT2D eigenvalue weighted by molar-refractivity contribution is 0.161. The Hall–Kier alpha value is -0.810. The van der Waals surface area contributed by atoms with E-state index < -0.39 is 0 Å². The molecule has 19 heavy (non-hydrogen) atoms. The van der Waals surface area contributed by atoms with E-state index in [4.69, 9.17) is 26.6 Å². The molecule has 5 heteroatoms. The molecule has 0 bridgehead atoms. The Morgan fingerprint density at radius 2 is 1.89 bits per heavy atom. The molecular formula is C14H22ClNO3. The van der Waals surface area contributed by atoms with Crippen LogP contribution in [0.15, 0.2) is 18.2 Å². The third-order valence-electron chi connectivity index (χ3n) is 3.03. The molecule has 1 aromatic carbocycles. The van der Waals surface area contributed by atoms with Crippen molar-refractivity contribution in [1.29, 1.82) is 0 Å². The van der Waals surface area contributed by atoms with E-state index in [1.165, 1.54) is 0 Å². The maximum Gasteiger partial charge on any atom is 0.121 e. The monoisotopic (exact) mass is 287 g/mol. The first kappa shape index (κ1) is 16.2. The highest BCUT2D eigenvalue weighted by molar-refractivity contribution is 6.21. The van der Waals surface area contributed by atoms with Gasteiger partial charge in [0.2, 0.25) is 0 Å². The number of aliphatic hydroxyl groups excluding tert-OH is 2. The van der Waals surface area contributed by atoms with Gasteiger partial charge in [0, 0.05) is 19.6 Å². The Kier molecular flexibility index (Phi) is 7.16. The van der Waals surface area contributed by atoms with E-state index in [9.17, 15) is 0 Å². The SMILES string of the molecule is COc1ccc(C(Cl)CN(CCO)CCO)cc1C. The molecule has 1 rings (SSSR count). The number of alkyl halides is 1. The number of ether oxygens (including phenoxy) is 1. The van der Waals surface area contributed by atoms with Gasteiger partial charge in [-0.1, -0.05) is 12.1 Å². The Labute approximate surface area is 119 Å². The van der Waals surface area contributed by atoms with Crippen molar-refractivity contribution in [3.05, 3.63) is 29.3 Å². The van der Waals surface area contributed by atoms with Crippen LogP contribution in [-0.2, 0) is 0 Å². The molecule has 0 aliphatic heterocycles. The third-order valence-corrected chi connectivity index (χ3v) is 3.42. The fourth-order valence-corrected chi connectivity index (χ4v) is 2.34. The van der Waals surface area contributed by atoms with Gasteiger partial charge in [-0.3, -0.25) is 4.90 Å². The smallest absolute Gasteiger partial charge is 0.121 e. The van der Waals surface area contributed by atoms with Crippen LogP contribution in [0.3, 0.4) is 0 Å². The maximum atomic E-state index is 8.98. The fourth-order valence-electron chi connectivity index (χ4n) is 2.01. The van der Waals surface area contributed by atoms with Gasteiger partial charge in [-0.2, -0.15) is 0 Å². The number of rotatable bonds is 8. The van der Waals surface area contributed by atoms with E-state index in [0.717, 1.165) is 16.9 Å². The molecule has 0 fully saturated rings. The van der Waals surface area contributed by atoms with Crippen molar-refractivity contribution in [2.24, 2.45) is 0 Å². The average Bonchev–Trinajstić information content (AvgIpc) is 2.39. The van der Waals surface area contributed by atoms with E-state index in [2.05, 4.69) is 0 Å². The van der Waals surface area contributed by atoms with Crippen molar-refractivity contribution in [2.45, 2.75) is 12.3 Å². The lowest BCUT2D eigenvalue weighted by Crippen LogP contribution is -2.32. The minimum absolute atomic E-state index is 0.0608. The number of halogens is 1. The van der Waals surface area contributed by atoms with Crippen molar-refractivity contribution < 1.29 is 14.9 Å². The van der Waals surface area contributed by atoms with Crippen molar-refractivity contribution in [1.82, 2.24) is 4.90 Å². The van der Waals surface area contributed by atoms with E-state index in [1.807, 2.05) is 30.0 Å². The van der Waals surface area contributed by atoms with Gasteiger partial charge >= 0.3 is 0 Å². The third kappa shape index (κ3) is 4.99. The first-order valence-electron chi connectivity index (χ1n) is 6.35. The summed E-state index contributed by atoms with van der Waals surface area (Å²) in [6.07, 6.45) is 0. The highest BCUT2D eigenvalue weighted by Gasteiger charge is 2.14. The minimum atomic E-state index is -0.178. The second-order valence-corrected chi connectivity index (χ2v) is 4.97. The van der Waals surface area contributed by atoms with Gasteiger partial charge in [-0.05, 0) is 24.1 Å². The summed E-state index contributed by atoms with van der Waals surface area (Å²) in [5.41, 5.74) is 2.06. The molecule has 0 amide bonds. The summed E-state index contributed by atoms with van der Waals surface area (Å²) in [6, 6.07) is 5.86. The number of nitrogens with zero attached hydrogens (tertiary/aromatic N) is 1. The normalized spacial score (nSPS) is 12.7. The van der Waals surface area contributed by atoms with Crippen LogP contribution in [0, 0.1) is 6.92 Å². The molecule has 0 aromatic heterocycles. The van der Waals surface area contributed by atoms with Gasteiger partial charge in [0.1, 0.15) is 5.75 Å². The first-order chi connectivity index (χ1) is 9.12. The molecule has 0 heterocycles. The number of hydrogen-bond acceptors (Lipinski definition) is 4. The molecule has 1 unspecified atom stereocenters. The van der Waals surface area contributed by atoms with Gasteiger partial charge in [0.05, 0.1) is 25.7 Å². The summed E-state index contributed by atoms with van der Waals surface area (Å²) in [5.74, 6) is 0.843. The van der Waals surface area contributed by atoms with Gasteiger partial charge < -0.3 is 14.9 Å². The number of methoxy groups -OCH3 is 1. The molecule has 2 N–H and O–H groups in total. The zero-order valence-corrected chi connectivity index (χ0v) is 12.2. The van der Waals surface area contributed by atoms with E-state index in [1.54, 1.807) is 7.11 Å². The Morgan fingerprint density at radius 3 is 2.37 bits per heavy atom. The topological polar surface area (TPSA) is 52.9 Å². The van der Waals surface area contributed by atoms with Gasteiger partial charge in [-0.25, -0.2) is 0 Å². The van der Waals surface area contributed by atoms with Crippen LogP contribution in [0.2, 0.25) is 0 Å². The molecular weight excluding hydrogens is 266 g/mol. The molecule has 4 nitrogen and oxygen atoms in total. The van der Waals surface area contributed by atoms with Gasteiger partial charge in [-0.15, -0.1) is 11.6 Å². The van der Waals surface area contributed by atoms with Crippen LogP contribution in [0.5, 0.6) is 5.75 Å². The van der Waals surface area contributed by atoms with Gasteiger partial charge in [0.25, 0.3) is 0 Å². The molecule has 0 aliphatic rings. The predicted molar refractivity (Wildman–Crippen MR) is 76.9 cm³/mol. The molecule has 1 aromatic rings. The first-order valence-corrected chi connectivity index (χ1v) is 6.78. The van der Waals surface area contributed by atoms with Crippen LogP contribution in [-0.4, -0.2) is 55.1 Å². The number of aliphatic hydroxyl groups is 2. The van der Waals surface area contributed by atoms with Crippen molar-refractivity contribution in [2.75, 3.05) is 40.0 Å². The molecule has 1 atom stereocenters. The quantitative estimate of drug-likeness (QED) is 0.713. The number of benzene rings is 1. The summed E-state index contributed by atoms with van der Waals surface area (Å²) in [4.78, 5) is 1.94. The minimum Gasteiger partial charge on any atom is -0.496 e. The molecule has 0 saturated carbocycles. The molecule has 0 saturated heterocycles. The van der Waals surface area contributed by atoms with Crippen LogP contribution in [0.4, 0.5) is 0 Å². The van der Waals surface area contributed by atoms with Crippen LogP contribution < -0.4 is 4.74 Å². The zero-order valence-electron chi connectivity index (χ0n) is 11.5. The summed E-state index contributed by atoms with van der Waals surface area (Å²) in [6.45, 7) is 3.72. The van der Waals surface area contributed by atoms with Crippen LogP contribution in [0.1, 0.15) is 16.5 Å². The lowest BCUT2D eigenvalue weighted by Gasteiger charge is -2.23. The molecule has 0 aliphatic carbocycles. The largest absolute Gasteiger partial charge is 0.496 e. The fraction of sp³-hybridized carbons (Fsp3) is 0.571. The highest BCUT2D eigenvalue weighted by atomic mass is 35.5. The summed E-state index contributed by atoms with van der Waals surface area (Å²) in [7, 11) is 1.64. The van der Waals surface area contributed by atoms with Gasteiger partial charge in [0.15, 0.2) is 0 Å². The van der Waals surface area contributed by atoms with Crippen molar-refractivity contribution >= 4 is 11.6 Å². The summed E-state index contributed by atoms with van der Waals surface area (Å²) >= 11 is 6.39. The second kappa shape index (κ2) is 8.38. The van der Waals surface area contributed by atoms with Crippen LogP contribution in [0.25, 0.3) is 0 Å². The second-order valence-electron chi connectivity index (χ2n) is 4.44. The maximum absolute atomic E-state index is 8.98. The Morgan fingerprint density at radius 1 is 1.26 bits per heavy atom. The Balaban J connectivity index is 2.70. The average molecular weight is 288 g/mol. The van der Waals surface area contributed by atoms with E-state index >= 15 is 0 Å². The highest BCUT2D eigenvalue weighted by Crippen LogP contribution is 2.26. The van der Waals surface area contributed by atoms with E-state index in [0.29, 0.717) is 19.6 Å². The molecule has 0 spiro atoms. The van der Waals surface area contributed by atoms with E-state index in [-0.39, 0.29) is 18.6 Å². The number of aryl methyl sites for hydroxylation is 1. The summed E-state index contributed by atoms with van der Waals surface area (Å²) < 4.78 is 5.22. The summed E-state index contributed by atoms with van der Waals surface area (Å²) in [5, 5.41) is 17.8. The standard InChI is InChI=1S/C14H22ClNO3/c1-11-9-12(3-4-14(11)19-2)13(15)10-16(5-7-17)6-8-18/h3-4,9,13,17-18H,5-8,10H2,1-2H3. The van der Waals surface area contributed by atoms with Crippen LogP contribution >= 0.6 is 11.6 Å². The Bertz CT molecular complexity index is 381. The predicted octanol–water partition coefficient (Wildman–Crippen LogP) is 1.57. The lowest BCUT2D eigenvalue weighted by atomic mass is 10.1. The molecule has 108 valence electrons. The molecule has 0 radical (unpaired) electrons. The number of hydrogen-bond donors (Lipinski definition) is 2.